The van der Waals surface area contributed by atoms with Crippen molar-refractivity contribution in [3.63, 3.8) is 0 Å². The number of carbonyl (C=O) groups is 1. The van der Waals surface area contributed by atoms with Gasteiger partial charge in [-0.2, -0.15) is 11.8 Å². The van der Waals surface area contributed by atoms with Crippen molar-refractivity contribution in [3.8, 4) is 0 Å². The molecule has 3 nitrogen and oxygen atoms in total. The maximum absolute atomic E-state index is 12.0. The minimum absolute atomic E-state index is 0.0456. The van der Waals surface area contributed by atoms with E-state index >= 15 is 0 Å². The van der Waals surface area contributed by atoms with Gasteiger partial charge in [0.05, 0.1) is 11.0 Å². The molecular formula is C14H22N2OS2. The molecule has 1 aromatic heterocycles. The molecule has 1 atom stereocenters. The summed E-state index contributed by atoms with van der Waals surface area (Å²) in [6.07, 6.45) is 7.62. The summed E-state index contributed by atoms with van der Waals surface area (Å²) in [7, 11) is 0. The monoisotopic (exact) mass is 298 g/mol. The van der Waals surface area contributed by atoms with Crippen molar-refractivity contribution in [2.75, 3.05) is 17.3 Å². The van der Waals surface area contributed by atoms with Gasteiger partial charge < -0.3 is 11.1 Å². The summed E-state index contributed by atoms with van der Waals surface area (Å²) >= 11 is 3.46. The molecule has 0 saturated carbocycles. The van der Waals surface area contributed by atoms with Gasteiger partial charge in [-0.05, 0) is 62.2 Å². The van der Waals surface area contributed by atoms with Gasteiger partial charge in [0.2, 0.25) is 5.91 Å². The standard InChI is InChI=1S/C14H22N2OS2/c1-9-10-5-3-4-6-12(10)19-14(9)16-13(17)11(15)7-8-18-2/h11H,3-8,15H2,1-2H3,(H,16,17)/t11-/m0/s1. The zero-order valence-electron chi connectivity index (χ0n) is 11.6. The van der Waals surface area contributed by atoms with Gasteiger partial charge in [0.15, 0.2) is 0 Å². The number of nitrogens with one attached hydrogen (secondary N) is 1. The smallest absolute Gasteiger partial charge is 0.241 e. The Labute approximate surface area is 123 Å². The Morgan fingerprint density at radius 1 is 1.47 bits per heavy atom. The molecule has 1 amide bonds. The topological polar surface area (TPSA) is 55.1 Å². The normalized spacial score (nSPS) is 15.9. The molecule has 1 aromatic rings. The van der Waals surface area contributed by atoms with Crippen LogP contribution in [-0.2, 0) is 17.6 Å². The molecule has 1 aliphatic carbocycles. The summed E-state index contributed by atoms with van der Waals surface area (Å²) < 4.78 is 0. The van der Waals surface area contributed by atoms with E-state index in [-0.39, 0.29) is 5.91 Å². The summed E-state index contributed by atoms with van der Waals surface area (Å²) in [4.78, 5) is 13.5. The predicted molar refractivity (Wildman–Crippen MR) is 85.3 cm³/mol. The molecule has 0 saturated heterocycles. The fraction of sp³-hybridized carbons (Fsp3) is 0.643. The average molecular weight is 298 g/mol. The SMILES string of the molecule is CSCC[C@H](N)C(=O)Nc1sc2c(c1C)CCCC2. The first-order valence-electron chi connectivity index (χ1n) is 6.80. The number of anilines is 1. The van der Waals surface area contributed by atoms with Gasteiger partial charge in [0.25, 0.3) is 0 Å². The molecule has 19 heavy (non-hydrogen) atoms. The third-order valence-electron chi connectivity index (χ3n) is 3.64. The maximum Gasteiger partial charge on any atom is 0.241 e. The first-order valence-corrected chi connectivity index (χ1v) is 9.01. The summed E-state index contributed by atoms with van der Waals surface area (Å²) in [5, 5.41) is 4.03. The summed E-state index contributed by atoms with van der Waals surface area (Å²) in [6.45, 7) is 2.11. The maximum atomic E-state index is 12.0. The van der Waals surface area contributed by atoms with Crippen LogP contribution in [0.3, 0.4) is 0 Å². The molecule has 0 aromatic carbocycles. The molecule has 1 heterocycles. The van der Waals surface area contributed by atoms with Crippen molar-refractivity contribution in [1.82, 2.24) is 0 Å². The number of hydrogen-bond acceptors (Lipinski definition) is 4. The van der Waals surface area contributed by atoms with Crippen LogP contribution in [0, 0.1) is 6.92 Å². The Hall–Kier alpha value is -0.520. The summed E-state index contributed by atoms with van der Waals surface area (Å²) in [5.41, 5.74) is 8.62. The van der Waals surface area contributed by atoms with Gasteiger partial charge in [-0.1, -0.05) is 0 Å². The number of amides is 1. The summed E-state index contributed by atoms with van der Waals surface area (Å²) in [5.74, 6) is 0.880. The number of carbonyl (C=O) groups excluding carboxylic acids is 1. The third-order valence-corrected chi connectivity index (χ3v) is 5.60. The predicted octanol–water partition coefficient (Wildman–Crippen LogP) is 2.95. The van der Waals surface area contributed by atoms with Crippen LogP contribution in [-0.4, -0.2) is 24.0 Å². The quantitative estimate of drug-likeness (QED) is 0.878. The van der Waals surface area contributed by atoms with E-state index in [1.807, 2.05) is 6.26 Å². The number of aryl methyl sites for hydroxylation is 1. The molecule has 2 rings (SSSR count). The van der Waals surface area contributed by atoms with E-state index in [0.29, 0.717) is 0 Å². The second-order valence-electron chi connectivity index (χ2n) is 5.04. The second-order valence-corrected chi connectivity index (χ2v) is 7.13. The van der Waals surface area contributed by atoms with E-state index in [1.54, 1.807) is 23.1 Å². The van der Waals surface area contributed by atoms with Gasteiger partial charge in [-0.15, -0.1) is 11.3 Å². The highest BCUT2D eigenvalue weighted by Crippen LogP contribution is 2.37. The molecule has 3 N–H and O–H groups in total. The highest BCUT2D eigenvalue weighted by molar-refractivity contribution is 7.98. The van der Waals surface area contributed by atoms with Crippen molar-refractivity contribution in [1.29, 1.82) is 0 Å². The molecule has 0 unspecified atom stereocenters. The number of nitrogens with two attached hydrogens (primary N) is 1. The fourth-order valence-corrected chi connectivity index (χ4v) is 4.21. The van der Waals surface area contributed by atoms with E-state index in [1.165, 1.54) is 28.8 Å². The number of fused-ring (bicyclic) bond motifs is 1. The van der Waals surface area contributed by atoms with Crippen molar-refractivity contribution < 1.29 is 4.79 Å². The minimum atomic E-state index is -0.397. The number of thioether (sulfide) groups is 1. The lowest BCUT2D eigenvalue weighted by Crippen LogP contribution is -2.36. The lowest BCUT2D eigenvalue weighted by molar-refractivity contribution is -0.117. The Kier molecular flexibility index (Phi) is 5.30. The van der Waals surface area contributed by atoms with Gasteiger partial charge in [-0.3, -0.25) is 4.79 Å². The molecule has 0 aliphatic heterocycles. The average Bonchev–Trinajstić information content (AvgIpc) is 2.73. The summed E-state index contributed by atoms with van der Waals surface area (Å²) in [6, 6.07) is -0.397. The zero-order chi connectivity index (χ0) is 13.8. The van der Waals surface area contributed by atoms with Crippen LogP contribution in [0.15, 0.2) is 0 Å². The minimum Gasteiger partial charge on any atom is -0.320 e. The van der Waals surface area contributed by atoms with Crippen LogP contribution in [0.5, 0.6) is 0 Å². The third kappa shape index (κ3) is 3.52. The first kappa shape index (κ1) is 14.9. The molecule has 0 fully saturated rings. The highest BCUT2D eigenvalue weighted by Gasteiger charge is 2.20. The highest BCUT2D eigenvalue weighted by atomic mass is 32.2. The number of hydrogen-bond donors (Lipinski definition) is 2. The number of rotatable bonds is 5. The molecule has 0 radical (unpaired) electrons. The van der Waals surface area contributed by atoms with Gasteiger partial charge in [-0.25, -0.2) is 0 Å². The lowest BCUT2D eigenvalue weighted by atomic mass is 9.96. The zero-order valence-corrected chi connectivity index (χ0v) is 13.3. The van der Waals surface area contributed by atoms with Crippen LogP contribution < -0.4 is 11.1 Å². The lowest BCUT2D eigenvalue weighted by Gasteiger charge is -2.11. The van der Waals surface area contributed by atoms with Crippen LogP contribution in [0.25, 0.3) is 0 Å². The molecule has 106 valence electrons. The van der Waals surface area contributed by atoms with Crippen LogP contribution in [0.1, 0.15) is 35.3 Å². The van der Waals surface area contributed by atoms with E-state index < -0.39 is 6.04 Å². The Balaban J connectivity index is 2.03. The van der Waals surface area contributed by atoms with E-state index in [4.69, 9.17) is 5.73 Å². The Morgan fingerprint density at radius 3 is 2.89 bits per heavy atom. The largest absolute Gasteiger partial charge is 0.320 e. The van der Waals surface area contributed by atoms with E-state index in [9.17, 15) is 4.79 Å². The number of thiophene rings is 1. The Bertz CT molecular complexity index is 457. The first-order chi connectivity index (χ1) is 9.13. The molecule has 0 bridgehead atoms. The van der Waals surface area contributed by atoms with Crippen molar-refractivity contribution >= 4 is 34.0 Å². The van der Waals surface area contributed by atoms with Crippen molar-refractivity contribution in [3.05, 3.63) is 16.0 Å². The molecule has 0 spiro atoms. The van der Waals surface area contributed by atoms with E-state index in [0.717, 1.165) is 30.0 Å². The molecule has 5 heteroatoms. The van der Waals surface area contributed by atoms with Gasteiger partial charge >= 0.3 is 0 Å². The molecule has 1 aliphatic rings. The van der Waals surface area contributed by atoms with Gasteiger partial charge in [0, 0.05) is 4.88 Å². The van der Waals surface area contributed by atoms with Crippen molar-refractivity contribution in [2.45, 2.75) is 45.1 Å². The Morgan fingerprint density at radius 2 is 2.21 bits per heavy atom. The second kappa shape index (κ2) is 6.77. The van der Waals surface area contributed by atoms with Gasteiger partial charge in [0.1, 0.15) is 0 Å². The van der Waals surface area contributed by atoms with Crippen molar-refractivity contribution in [2.24, 2.45) is 5.73 Å². The fourth-order valence-electron chi connectivity index (χ4n) is 2.42. The van der Waals surface area contributed by atoms with Crippen LogP contribution in [0.2, 0.25) is 0 Å². The molecular weight excluding hydrogens is 276 g/mol. The van der Waals surface area contributed by atoms with Crippen LogP contribution >= 0.6 is 23.1 Å². The van der Waals surface area contributed by atoms with E-state index in [2.05, 4.69) is 12.2 Å². The van der Waals surface area contributed by atoms with Crippen LogP contribution in [0.4, 0.5) is 5.00 Å².